The molecule has 0 spiro atoms. The molecule has 0 saturated heterocycles. The van der Waals surface area contributed by atoms with E-state index in [4.69, 9.17) is 10.5 Å². The first-order valence-electron chi connectivity index (χ1n) is 7.09. The highest BCUT2D eigenvalue weighted by Gasteiger charge is 2.41. The van der Waals surface area contributed by atoms with Crippen LogP contribution in [0, 0.1) is 5.92 Å². The van der Waals surface area contributed by atoms with Crippen LogP contribution >= 0.6 is 0 Å². The van der Waals surface area contributed by atoms with E-state index >= 15 is 0 Å². The van der Waals surface area contributed by atoms with Crippen molar-refractivity contribution in [1.82, 2.24) is 5.32 Å². The van der Waals surface area contributed by atoms with Crippen LogP contribution in [0.25, 0.3) is 0 Å². The van der Waals surface area contributed by atoms with E-state index < -0.39 is 5.54 Å². The standard InChI is InChI=1S/C14H26N2O3/c1-10(11(2)15)12(17)16-14(13(18)19-3)8-6-4-5-7-9-14/h10-11H,4-9,15H2,1-3H3,(H,16,17). The lowest BCUT2D eigenvalue weighted by Gasteiger charge is -2.32. The van der Waals surface area contributed by atoms with Gasteiger partial charge in [0.1, 0.15) is 5.54 Å². The fraction of sp³-hybridized carbons (Fsp3) is 0.857. The van der Waals surface area contributed by atoms with Gasteiger partial charge in [-0.3, -0.25) is 4.79 Å². The molecule has 1 fully saturated rings. The molecule has 2 unspecified atom stereocenters. The normalized spacial score (nSPS) is 21.9. The van der Waals surface area contributed by atoms with Crippen LogP contribution in [0.4, 0.5) is 0 Å². The Balaban J connectivity index is 2.85. The summed E-state index contributed by atoms with van der Waals surface area (Å²) in [6, 6.07) is -0.236. The monoisotopic (exact) mass is 270 g/mol. The Morgan fingerprint density at radius 1 is 1.16 bits per heavy atom. The van der Waals surface area contributed by atoms with Crippen LogP contribution in [0.1, 0.15) is 52.4 Å². The number of hydrogen-bond donors (Lipinski definition) is 2. The van der Waals surface area contributed by atoms with Crippen LogP contribution < -0.4 is 11.1 Å². The summed E-state index contributed by atoms with van der Waals surface area (Å²) in [6.45, 7) is 3.57. The summed E-state index contributed by atoms with van der Waals surface area (Å²) >= 11 is 0. The molecule has 0 bridgehead atoms. The summed E-state index contributed by atoms with van der Waals surface area (Å²) in [4.78, 5) is 24.3. The number of methoxy groups -OCH3 is 1. The predicted molar refractivity (Wildman–Crippen MR) is 73.4 cm³/mol. The first kappa shape index (κ1) is 16.0. The van der Waals surface area contributed by atoms with Gasteiger partial charge in [0, 0.05) is 12.0 Å². The summed E-state index contributed by atoms with van der Waals surface area (Å²) in [7, 11) is 1.37. The zero-order chi connectivity index (χ0) is 14.5. The number of carbonyl (C=O) groups is 2. The average molecular weight is 270 g/mol. The van der Waals surface area contributed by atoms with Crippen LogP contribution in [0.5, 0.6) is 0 Å². The lowest BCUT2D eigenvalue weighted by Crippen LogP contribution is -2.57. The molecule has 1 aliphatic rings. The van der Waals surface area contributed by atoms with E-state index in [0.29, 0.717) is 12.8 Å². The molecule has 0 radical (unpaired) electrons. The van der Waals surface area contributed by atoms with Gasteiger partial charge in [-0.05, 0) is 19.8 Å². The zero-order valence-electron chi connectivity index (χ0n) is 12.2. The Morgan fingerprint density at radius 3 is 2.11 bits per heavy atom. The summed E-state index contributed by atoms with van der Waals surface area (Å²) in [6.07, 6.45) is 5.35. The van der Waals surface area contributed by atoms with Crippen molar-refractivity contribution < 1.29 is 14.3 Å². The number of nitrogens with one attached hydrogen (secondary N) is 1. The average Bonchev–Trinajstić information content (AvgIpc) is 2.63. The van der Waals surface area contributed by atoms with E-state index in [1.165, 1.54) is 7.11 Å². The summed E-state index contributed by atoms with van der Waals surface area (Å²) in [5.74, 6) is -0.813. The van der Waals surface area contributed by atoms with Crippen molar-refractivity contribution in [2.75, 3.05) is 7.11 Å². The SMILES string of the molecule is COC(=O)C1(NC(=O)C(C)C(C)N)CCCCCC1. The molecule has 0 aliphatic heterocycles. The fourth-order valence-corrected chi connectivity index (χ4v) is 2.50. The van der Waals surface area contributed by atoms with Gasteiger partial charge in [-0.1, -0.05) is 32.6 Å². The Morgan fingerprint density at radius 2 is 1.68 bits per heavy atom. The second-order valence-corrected chi connectivity index (χ2v) is 5.62. The highest BCUT2D eigenvalue weighted by molar-refractivity contribution is 5.89. The lowest BCUT2D eigenvalue weighted by molar-refractivity contribution is -0.152. The number of nitrogens with two attached hydrogens (primary N) is 1. The van der Waals surface area contributed by atoms with Crippen molar-refractivity contribution in [3.8, 4) is 0 Å². The van der Waals surface area contributed by atoms with Crippen LogP contribution in [-0.2, 0) is 14.3 Å². The summed E-state index contributed by atoms with van der Waals surface area (Å²) in [5, 5.41) is 2.91. The first-order chi connectivity index (χ1) is 8.93. The molecule has 1 aliphatic carbocycles. The Hall–Kier alpha value is -1.10. The van der Waals surface area contributed by atoms with E-state index in [9.17, 15) is 9.59 Å². The maximum absolute atomic E-state index is 12.2. The molecule has 5 nitrogen and oxygen atoms in total. The van der Waals surface area contributed by atoms with Crippen molar-refractivity contribution in [3.05, 3.63) is 0 Å². The smallest absolute Gasteiger partial charge is 0.331 e. The topological polar surface area (TPSA) is 81.4 Å². The molecule has 1 saturated carbocycles. The number of esters is 1. The quantitative estimate of drug-likeness (QED) is 0.597. The van der Waals surface area contributed by atoms with E-state index in [-0.39, 0.29) is 23.8 Å². The van der Waals surface area contributed by atoms with E-state index in [0.717, 1.165) is 25.7 Å². The maximum Gasteiger partial charge on any atom is 0.331 e. The van der Waals surface area contributed by atoms with Crippen LogP contribution in [-0.4, -0.2) is 30.6 Å². The molecule has 3 N–H and O–H groups in total. The number of ether oxygens (including phenoxy) is 1. The van der Waals surface area contributed by atoms with Crippen LogP contribution in [0.3, 0.4) is 0 Å². The van der Waals surface area contributed by atoms with Gasteiger partial charge in [-0.25, -0.2) is 4.79 Å². The third kappa shape index (κ3) is 3.93. The molecule has 19 heavy (non-hydrogen) atoms. The van der Waals surface area contributed by atoms with Gasteiger partial charge in [0.25, 0.3) is 0 Å². The fourth-order valence-electron chi connectivity index (χ4n) is 2.50. The van der Waals surface area contributed by atoms with Crippen molar-refractivity contribution in [2.45, 2.75) is 64.0 Å². The molecule has 0 aromatic rings. The Bertz CT molecular complexity index is 321. The van der Waals surface area contributed by atoms with Gasteiger partial charge in [0.2, 0.25) is 5.91 Å². The number of rotatable bonds is 4. The molecule has 110 valence electrons. The second-order valence-electron chi connectivity index (χ2n) is 5.62. The van der Waals surface area contributed by atoms with E-state index in [1.54, 1.807) is 13.8 Å². The lowest BCUT2D eigenvalue weighted by atomic mass is 9.89. The van der Waals surface area contributed by atoms with Gasteiger partial charge in [0.15, 0.2) is 0 Å². The van der Waals surface area contributed by atoms with Crippen molar-refractivity contribution in [1.29, 1.82) is 0 Å². The van der Waals surface area contributed by atoms with E-state index in [2.05, 4.69) is 5.32 Å². The van der Waals surface area contributed by atoms with Gasteiger partial charge in [0.05, 0.1) is 7.11 Å². The zero-order valence-corrected chi connectivity index (χ0v) is 12.2. The third-order valence-corrected chi connectivity index (χ3v) is 4.10. The highest BCUT2D eigenvalue weighted by atomic mass is 16.5. The van der Waals surface area contributed by atoms with E-state index in [1.807, 2.05) is 0 Å². The van der Waals surface area contributed by atoms with Crippen LogP contribution in [0.2, 0.25) is 0 Å². The Kier molecular flexibility index (Phi) is 5.79. The minimum absolute atomic E-state index is 0.165. The molecule has 0 aromatic carbocycles. The van der Waals surface area contributed by atoms with Crippen LogP contribution in [0.15, 0.2) is 0 Å². The minimum Gasteiger partial charge on any atom is -0.467 e. The highest BCUT2D eigenvalue weighted by Crippen LogP contribution is 2.28. The number of amides is 1. The van der Waals surface area contributed by atoms with Gasteiger partial charge in [-0.15, -0.1) is 0 Å². The van der Waals surface area contributed by atoms with Crippen molar-refractivity contribution >= 4 is 11.9 Å². The molecular weight excluding hydrogens is 244 g/mol. The van der Waals surface area contributed by atoms with Gasteiger partial charge < -0.3 is 15.8 Å². The predicted octanol–water partition coefficient (Wildman–Crippen LogP) is 1.35. The number of hydrogen-bond acceptors (Lipinski definition) is 4. The second kappa shape index (κ2) is 6.89. The van der Waals surface area contributed by atoms with Crippen molar-refractivity contribution in [3.63, 3.8) is 0 Å². The summed E-state index contributed by atoms with van der Waals surface area (Å²) < 4.78 is 4.90. The van der Waals surface area contributed by atoms with Gasteiger partial charge in [-0.2, -0.15) is 0 Å². The molecule has 5 heteroatoms. The molecule has 0 heterocycles. The van der Waals surface area contributed by atoms with Gasteiger partial charge >= 0.3 is 5.97 Å². The minimum atomic E-state index is -0.856. The molecule has 1 amide bonds. The summed E-state index contributed by atoms with van der Waals surface area (Å²) in [5.41, 5.74) is 4.89. The molecule has 1 rings (SSSR count). The number of carbonyl (C=O) groups excluding carboxylic acids is 2. The third-order valence-electron chi connectivity index (χ3n) is 4.10. The molecular formula is C14H26N2O3. The van der Waals surface area contributed by atoms with Crippen molar-refractivity contribution in [2.24, 2.45) is 11.7 Å². The largest absolute Gasteiger partial charge is 0.467 e. The molecule has 2 atom stereocenters. The molecule has 0 aromatic heterocycles. The Labute approximate surface area is 115 Å². The maximum atomic E-state index is 12.2. The first-order valence-corrected chi connectivity index (χ1v) is 7.09.